The van der Waals surface area contributed by atoms with Crippen molar-refractivity contribution in [3.05, 3.63) is 48.0 Å². The van der Waals surface area contributed by atoms with Gasteiger partial charge in [-0.1, -0.05) is 0 Å². The van der Waals surface area contributed by atoms with Gasteiger partial charge in [0.15, 0.2) is 5.76 Å². The Bertz CT molecular complexity index is 726. The SMILES string of the molecule is Cc1ccnc(NC(NC(=O)c2ccco2)(C(F)(F)F)C(F)(F)F)c1. The average molecular weight is 367 g/mol. The number of hydrogen-bond acceptors (Lipinski definition) is 4. The number of hydrogen-bond donors (Lipinski definition) is 2. The lowest BCUT2D eigenvalue weighted by Gasteiger charge is -2.38. The number of aromatic nitrogens is 1. The van der Waals surface area contributed by atoms with E-state index in [0.29, 0.717) is 5.56 Å². The number of amides is 1. The first-order valence-corrected chi connectivity index (χ1v) is 6.66. The van der Waals surface area contributed by atoms with Crippen LogP contribution < -0.4 is 10.6 Å². The highest BCUT2D eigenvalue weighted by Gasteiger charge is 2.73. The molecule has 0 saturated heterocycles. The smallest absolute Gasteiger partial charge is 0.439 e. The third-order valence-corrected chi connectivity index (χ3v) is 3.13. The van der Waals surface area contributed by atoms with Gasteiger partial charge in [-0.15, -0.1) is 0 Å². The number of alkyl halides is 6. The molecule has 0 atom stereocenters. The van der Waals surface area contributed by atoms with Crippen molar-refractivity contribution in [1.29, 1.82) is 0 Å². The molecule has 2 aromatic rings. The van der Waals surface area contributed by atoms with E-state index in [1.54, 1.807) is 0 Å². The fraction of sp³-hybridized carbons (Fsp3) is 0.286. The lowest BCUT2D eigenvalue weighted by Crippen LogP contribution is -2.72. The van der Waals surface area contributed by atoms with Crippen molar-refractivity contribution in [3.63, 3.8) is 0 Å². The van der Waals surface area contributed by atoms with Crippen LogP contribution in [0.25, 0.3) is 0 Å². The summed E-state index contributed by atoms with van der Waals surface area (Å²) in [5.41, 5.74) is -4.39. The van der Waals surface area contributed by atoms with Gasteiger partial charge in [-0.25, -0.2) is 4.98 Å². The maximum Gasteiger partial charge on any atom is 0.439 e. The van der Waals surface area contributed by atoms with Gasteiger partial charge in [0.25, 0.3) is 5.91 Å². The number of pyridine rings is 1. The molecule has 5 nitrogen and oxygen atoms in total. The van der Waals surface area contributed by atoms with E-state index in [1.165, 1.54) is 18.3 Å². The molecule has 1 amide bonds. The van der Waals surface area contributed by atoms with E-state index >= 15 is 0 Å². The highest BCUT2D eigenvalue weighted by Crippen LogP contribution is 2.43. The standard InChI is InChI=1S/C14H11F6N3O2/c1-8-4-5-21-10(7-8)22-12(13(15,16)17,14(18,19)20)23-11(24)9-3-2-6-25-9/h2-7H,1H3,(H,21,22)(H,23,24). The van der Waals surface area contributed by atoms with Gasteiger partial charge < -0.3 is 15.1 Å². The van der Waals surface area contributed by atoms with Crippen molar-refractivity contribution in [1.82, 2.24) is 10.3 Å². The summed E-state index contributed by atoms with van der Waals surface area (Å²) in [7, 11) is 0. The highest BCUT2D eigenvalue weighted by molar-refractivity contribution is 5.92. The zero-order valence-corrected chi connectivity index (χ0v) is 12.5. The fourth-order valence-electron chi connectivity index (χ4n) is 1.91. The van der Waals surface area contributed by atoms with Gasteiger partial charge in [-0.05, 0) is 36.8 Å². The Balaban J connectivity index is 2.50. The molecular formula is C14H11F6N3O2. The van der Waals surface area contributed by atoms with Gasteiger partial charge in [-0.2, -0.15) is 26.3 Å². The first-order chi connectivity index (χ1) is 11.5. The van der Waals surface area contributed by atoms with Crippen LogP contribution in [0.4, 0.5) is 32.2 Å². The third-order valence-electron chi connectivity index (χ3n) is 3.13. The van der Waals surface area contributed by atoms with Crippen molar-refractivity contribution >= 4 is 11.7 Å². The van der Waals surface area contributed by atoms with Crippen LogP contribution in [-0.4, -0.2) is 28.9 Å². The van der Waals surface area contributed by atoms with Crippen LogP contribution in [-0.2, 0) is 0 Å². The van der Waals surface area contributed by atoms with E-state index in [4.69, 9.17) is 0 Å². The molecule has 0 aliphatic rings. The molecule has 0 spiro atoms. The molecule has 25 heavy (non-hydrogen) atoms. The average Bonchev–Trinajstić information content (AvgIpc) is 2.98. The van der Waals surface area contributed by atoms with E-state index in [-0.39, 0.29) is 0 Å². The molecule has 0 bridgehead atoms. The molecule has 0 aliphatic heterocycles. The van der Waals surface area contributed by atoms with Crippen LogP contribution in [0.2, 0.25) is 0 Å². The molecule has 0 radical (unpaired) electrons. The normalized spacial score (nSPS) is 12.8. The molecule has 2 N–H and O–H groups in total. The largest absolute Gasteiger partial charge is 0.459 e. The summed E-state index contributed by atoms with van der Waals surface area (Å²) in [5.74, 6) is -3.12. The Morgan fingerprint density at radius 3 is 2.24 bits per heavy atom. The predicted octanol–water partition coefficient (Wildman–Crippen LogP) is 3.65. The van der Waals surface area contributed by atoms with E-state index in [9.17, 15) is 31.1 Å². The molecular weight excluding hydrogens is 356 g/mol. The maximum absolute atomic E-state index is 13.4. The number of halogens is 6. The molecule has 2 aromatic heterocycles. The topological polar surface area (TPSA) is 67.2 Å². The number of carbonyl (C=O) groups is 1. The molecule has 0 aromatic carbocycles. The second-order valence-corrected chi connectivity index (χ2v) is 5.02. The summed E-state index contributed by atoms with van der Waals surface area (Å²) in [5, 5.41) is 2.22. The summed E-state index contributed by atoms with van der Waals surface area (Å²) in [6.07, 6.45) is -9.89. The predicted molar refractivity (Wildman–Crippen MR) is 73.6 cm³/mol. The summed E-state index contributed by atoms with van der Waals surface area (Å²) < 4.78 is 85.0. The number of nitrogens with one attached hydrogen (secondary N) is 2. The van der Waals surface area contributed by atoms with Crippen LogP contribution in [0.15, 0.2) is 41.1 Å². The number of nitrogens with zero attached hydrogens (tertiary/aromatic N) is 1. The van der Waals surface area contributed by atoms with Gasteiger partial charge in [0.1, 0.15) is 5.82 Å². The Morgan fingerprint density at radius 1 is 1.12 bits per heavy atom. The lowest BCUT2D eigenvalue weighted by molar-refractivity contribution is -0.294. The Hall–Kier alpha value is -2.72. The molecule has 0 aliphatic carbocycles. The summed E-state index contributed by atoms with van der Waals surface area (Å²) >= 11 is 0. The first-order valence-electron chi connectivity index (χ1n) is 6.66. The van der Waals surface area contributed by atoms with Gasteiger partial charge in [0.2, 0.25) is 0 Å². The second kappa shape index (κ2) is 6.30. The molecule has 0 saturated carbocycles. The van der Waals surface area contributed by atoms with E-state index in [0.717, 1.165) is 36.0 Å². The lowest BCUT2D eigenvalue weighted by atomic mass is 10.1. The van der Waals surface area contributed by atoms with Crippen LogP contribution in [0.3, 0.4) is 0 Å². The maximum atomic E-state index is 13.4. The molecule has 136 valence electrons. The van der Waals surface area contributed by atoms with Crippen LogP contribution in [0.1, 0.15) is 16.1 Å². The molecule has 2 rings (SSSR count). The van der Waals surface area contributed by atoms with E-state index in [2.05, 4.69) is 9.40 Å². The van der Waals surface area contributed by atoms with Crippen molar-refractivity contribution in [3.8, 4) is 0 Å². The number of anilines is 1. The van der Waals surface area contributed by atoms with Crippen molar-refractivity contribution in [2.75, 3.05) is 5.32 Å². The third kappa shape index (κ3) is 3.69. The zero-order valence-electron chi connectivity index (χ0n) is 12.5. The fourth-order valence-corrected chi connectivity index (χ4v) is 1.91. The quantitative estimate of drug-likeness (QED) is 0.640. The Kier molecular flexibility index (Phi) is 4.69. The number of rotatable bonds is 4. The minimum absolute atomic E-state index is 0.369. The minimum atomic E-state index is -5.93. The van der Waals surface area contributed by atoms with Crippen LogP contribution in [0.5, 0.6) is 0 Å². The van der Waals surface area contributed by atoms with E-state index < -0.39 is 35.5 Å². The highest BCUT2D eigenvalue weighted by atomic mass is 19.4. The molecule has 0 unspecified atom stereocenters. The summed E-state index contributed by atoms with van der Waals surface area (Å²) in [6.45, 7) is 1.46. The minimum Gasteiger partial charge on any atom is -0.459 e. The van der Waals surface area contributed by atoms with Crippen molar-refractivity contribution < 1.29 is 35.6 Å². The van der Waals surface area contributed by atoms with Gasteiger partial charge in [0, 0.05) is 6.20 Å². The number of carbonyl (C=O) groups excluding carboxylic acids is 1. The Labute approximate surface area is 137 Å². The van der Waals surface area contributed by atoms with Crippen molar-refractivity contribution in [2.24, 2.45) is 0 Å². The van der Waals surface area contributed by atoms with Crippen LogP contribution >= 0.6 is 0 Å². The second-order valence-electron chi connectivity index (χ2n) is 5.02. The first kappa shape index (κ1) is 18.6. The van der Waals surface area contributed by atoms with Gasteiger partial charge in [0.05, 0.1) is 6.26 Å². The number of furan rings is 1. The molecule has 0 fully saturated rings. The van der Waals surface area contributed by atoms with Crippen molar-refractivity contribution in [2.45, 2.75) is 24.9 Å². The molecule has 11 heteroatoms. The summed E-state index contributed by atoms with van der Waals surface area (Å²) in [6, 6.07) is 4.44. The number of aryl methyl sites for hydroxylation is 1. The Morgan fingerprint density at radius 2 is 1.76 bits per heavy atom. The zero-order chi connectivity index (χ0) is 18.9. The van der Waals surface area contributed by atoms with Crippen LogP contribution in [0, 0.1) is 6.92 Å². The van der Waals surface area contributed by atoms with Gasteiger partial charge in [-0.3, -0.25) is 4.79 Å². The van der Waals surface area contributed by atoms with Gasteiger partial charge >= 0.3 is 18.0 Å². The van der Waals surface area contributed by atoms with E-state index in [1.807, 2.05) is 0 Å². The summed E-state index contributed by atoms with van der Waals surface area (Å²) in [4.78, 5) is 15.2. The monoisotopic (exact) mass is 367 g/mol. The molecule has 2 heterocycles.